The fourth-order valence-electron chi connectivity index (χ4n) is 2.92. The predicted octanol–water partition coefficient (Wildman–Crippen LogP) is 3.26. The molecule has 2 atom stereocenters. The van der Waals surface area contributed by atoms with Gasteiger partial charge in [-0.05, 0) is 51.3 Å². The summed E-state index contributed by atoms with van der Waals surface area (Å²) in [6.45, 7) is 5.62. The maximum atomic E-state index is 12.4. The number of carbonyl (C=O) groups is 2. The van der Waals surface area contributed by atoms with Crippen LogP contribution in [0, 0.1) is 0 Å². The summed E-state index contributed by atoms with van der Waals surface area (Å²) in [5, 5.41) is 9.43. The summed E-state index contributed by atoms with van der Waals surface area (Å²) in [4.78, 5) is 25.3. The van der Waals surface area contributed by atoms with Crippen molar-refractivity contribution in [2.45, 2.75) is 51.2 Å². The molecular weight excluding hydrogens is 310 g/mol. The maximum Gasteiger partial charge on any atom is 0.411 e. The summed E-state index contributed by atoms with van der Waals surface area (Å²) >= 11 is 0. The van der Waals surface area contributed by atoms with E-state index in [9.17, 15) is 14.7 Å². The summed E-state index contributed by atoms with van der Waals surface area (Å²) < 4.78 is 10.6. The van der Waals surface area contributed by atoms with Gasteiger partial charge in [0.1, 0.15) is 17.4 Å². The lowest BCUT2D eigenvalue weighted by Crippen LogP contribution is -2.51. The van der Waals surface area contributed by atoms with Crippen LogP contribution in [-0.4, -0.2) is 47.4 Å². The van der Waals surface area contributed by atoms with Gasteiger partial charge in [0.05, 0.1) is 7.11 Å². The number of piperidine rings is 1. The molecule has 1 fully saturated rings. The zero-order valence-corrected chi connectivity index (χ0v) is 14.6. The van der Waals surface area contributed by atoms with E-state index in [0.717, 1.165) is 11.3 Å². The predicted molar refractivity (Wildman–Crippen MR) is 89.3 cm³/mol. The van der Waals surface area contributed by atoms with Gasteiger partial charge in [-0.15, -0.1) is 0 Å². The summed E-state index contributed by atoms with van der Waals surface area (Å²) in [5.74, 6) is -0.190. The van der Waals surface area contributed by atoms with Crippen molar-refractivity contribution < 1.29 is 24.2 Å². The Morgan fingerprint density at radius 1 is 1.25 bits per heavy atom. The molecule has 1 aromatic carbocycles. The smallest absolute Gasteiger partial charge is 0.411 e. The average Bonchev–Trinajstić information content (AvgIpc) is 2.52. The van der Waals surface area contributed by atoms with Crippen LogP contribution in [0.5, 0.6) is 5.75 Å². The fourth-order valence-corrected chi connectivity index (χ4v) is 2.92. The van der Waals surface area contributed by atoms with Gasteiger partial charge in [0.15, 0.2) is 0 Å². The second-order valence-corrected chi connectivity index (χ2v) is 7.04. The molecule has 2 rings (SSSR count). The third kappa shape index (κ3) is 4.40. The fraction of sp³-hybridized carbons (Fsp3) is 0.556. The van der Waals surface area contributed by atoms with Gasteiger partial charge in [0, 0.05) is 12.5 Å². The van der Waals surface area contributed by atoms with Crippen LogP contribution in [0.4, 0.5) is 4.79 Å². The van der Waals surface area contributed by atoms with Crippen LogP contribution in [0.1, 0.15) is 45.1 Å². The van der Waals surface area contributed by atoms with Gasteiger partial charge < -0.3 is 14.6 Å². The SMILES string of the molecule is COc1cccc(C2CCC(C(=O)O)N(C(=O)OC(C)(C)C)C2)c1. The van der Waals surface area contributed by atoms with Crippen LogP contribution >= 0.6 is 0 Å². The van der Waals surface area contributed by atoms with Crippen molar-refractivity contribution in [2.24, 2.45) is 0 Å². The standard InChI is InChI=1S/C18H25NO5/c1-18(2,3)24-17(22)19-11-13(8-9-15(19)16(20)21)12-6-5-7-14(10-12)23-4/h5-7,10,13,15H,8-9,11H2,1-4H3,(H,20,21). The summed E-state index contributed by atoms with van der Waals surface area (Å²) in [7, 11) is 1.60. The number of rotatable bonds is 3. The quantitative estimate of drug-likeness (QED) is 0.917. The monoisotopic (exact) mass is 335 g/mol. The Hall–Kier alpha value is -2.24. The first-order valence-corrected chi connectivity index (χ1v) is 8.07. The van der Waals surface area contributed by atoms with Gasteiger partial charge in [-0.25, -0.2) is 9.59 Å². The number of hydrogen-bond acceptors (Lipinski definition) is 4. The molecule has 0 aromatic heterocycles. The third-order valence-electron chi connectivity index (χ3n) is 4.06. The van der Waals surface area contributed by atoms with E-state index in [-0.39, 0.29) is 5.92 Å². The number of nitrogens with zero attached hydrogens (tertiary/aromatic N) is 1. The van der Waals surface area contributed by atoms with Crippen molar-refractivity contribution in [1.29, 1.82) is 0 Å². The van der Waals surface area contributed by atoms with E-state index in [1.165, 1.54) is 4.90 Å². The normalized spacial score (nSPS) is 21.2. The van der Waals surface area contributed by atoms with Crippen LogP contribution in [0.15, 0.2) is 24.3 Å². The Labute approximate surface area is 142 Å². The minimum atomic E-state index is -0.995. The molecule has 6 heteroatoms. The molecule has 1 saturated heterocycles. The van der Waals surface area contributed by atoms with E-state index < -0.39 is 23.7 Å². The molecule has 0 spiro atoms. The number of likely N-dealkylation sites (tertiary alicyclic amines) is 1. The van der Waals surface area contributed by atoms with Gasteiger partial charge in [0.2, 0.25) is 0 Å². The molecule has 1 aliphatic rings. The van der Waals surface area contributed by atoms with Gasteiger partial charge in [-0.1, -0.05) is 12.1 Å². The van der Waals surface area contributed by atoms with E-state index in [1.54, 1.807) is 27.9 Å². The van der Waals surface area contributed by atoms with E-state index in [0.29, 0.717) is 19.4 Å². The van der Waals surface area contributed by atoms with E-state index >= 15 is 0 Å². The van der Waals surface area contributed by atoms with Gasteiger partial charge in [-0.2, -0.15) is 0 Å². The molecule has 1 aromatic rings. The zero-order valence-electron chi connectivity index (χ0n) is 14.6. The van der Waals surface area contributed by atoms with Crippen LogP contribution in [0.25, 0.3) is 0 Å². The Morgan fingerprint density at radius 3 is 2.54 bits per heavy atom. The van der Waals surface area contributed by atoms with Crippen LogP contribution in [-0.2, 0) is 9.53 Å². The highest BCUT2D eigenvalue weighted by Gasteiger charge is 2.38. The van der Waals surface area contributed by atoms with Gasteiger partial charge >= 0.3 is 12.1 Å². The van der Waals surface area contributed by atoms with Crippen LogP contribution in [0.2, 0.25) is 0 Å². The number of ether oxygens (including phenoxy) is 2. The van der Waals surface area contributed by atoms with E-state index in [2.05, 4.69) is 0 Å². The van der Waals surface area contributed by atoms with E-state index in [4.69, 9.17) is 9.47 Å². The molecular formula is C18H25NO5. The lowest BCUT2D eigenvalue weighted by Gasteiger charge is -2.38. The van der Waals surface area contributed by atoms with Crippen molar-refractivity contribution in [3.8, 4) is 5.75 Å². The van der Waals surface area contributed by atoms with Crippen molar-refractivity contribution >= 4 is 12.1 Å². The third-order valence-corrected chi connectivity index (χ3v) is 4.06. The number of amides is 1. The molecule has 0 bridgehead atoms. The van der Waals surface area contributed by atoms with Crippen molar-refractivity contribution in [3.05, 3.63) is 29.8 Å². The van der Waals surface area contributed by atoms with Crippen LogP contribution < -0.4 is 4.74 Å². The minimum absolute atomic E-state index is 0.0585. The molecule has 1 N–H and O–H groups in total. The average molecular weight is 335 g/mol. The lowest BCUT2D eigenvalue weighted by molar-refractivity contribution is -0.144. The number of carboxylic acid groups (broad SMARTS) is 1. The van der Waals surface area contributed by atoms with Crippen LogP contribution in [0.3, 0.4) is 0 Å². The summed E-state index contributed by atoms with van der Waals surface area (Å²) in [5.41, 5.74) is 0.370. The second-order valence-electron chi connectivity index (χ2n) is 7.04. The Bertz CT molecular complexity index is 608. The number of aliphatic carboxylic acids is 1. The first-order valence-electron chi connectivity index (χ1n) is 8.07. The highest BCUT2D eigenvalue weighted by atomic mass is 16.6. The Morgan fingerprint density at radius 2 is 1.96 bits per heavy atom. The molecule has 24 heavy (non-hydrogen) atoms. The number of carboxylic acids is 1. The number of carbonyl (C=O) groups excluding carboxylic acids is 1. The molecule has 6 nitrogen and oxygen atoms in total. The van der Waals surface area contributed by atoms with Crippen molar-refractivity contribution in [3.63, 3.8) is 0 Å². The highest BCUT2D eigenvalue weighted by molar-refractivity contribution is 5.80. The van der Waals surface area contributed by atoms with Gasteiger partial charge in [-0.3, -0.25) is 4.90 Å². The lowest BCUT2D eigenvalue weighted by atomic mass is 9.87. The minimum Gasteiger partial charge on any atom is -0.497 e. The summed E-state index contributed by atoms with van der Waals surface area (Å²) in [6.07, 6.45) is 0.516. The summed E-state index contributed by atoms with van der Waals surface area (Å²) in [6, 6.07) is 6.81. The molecule has 2 unspecified atom stereocenters. The second kappa shape index (κ2) is 7.11. The largest absolute Gasteiger partial charge is 0.497 e. The first-order chi connectivity index (χ1) is 11.2. The topological polar surface area (TPSA) is 76.1 Å². The molecule has 1 amide bonds. The molecule has 0 saturated carbocycles. The molecule has 0 aliphatic carbocycles. The van der Waals surface area contributed by atoms with E-state index in [1.807, 2.05) is 24.3 Å². The Kier molecular flexibility index (Phi) is 5.36. The molecule has 0 radical (unpaired) electrons. The number of methoxy groups -OCH3 is 1. The molecule has 132 valence electrons. The number of benzene rings is 1. The maximum absolute atomic E-state index is 12.4. The molecule has 1 heterocycles. The van der Waals surface area contributed by atoms with Crippen molar-refractivity contribution in [1.82, 2.24) is 4.90 Å². The van der Waals surface area contributed by atoms with Crippen molar-refractivity contribution in [2.75, 3.05) is 13.7 Å². The molecule has 1 aliphatic heterocycles. The zero-order chi connectivity index (χ0) is 17.9. The number of hydrogen-bond donors (Lipinski definition) is 1. The van der Waals surface area contributed by atoms with Gasteiger partial charge in [0.25, 0.3) is 0 Å². The first kappa shape index (κ1) is 18.1. The highest BCUT2D eigenvalue weighted by Crippen LogP contribution is 2.32. The Balaban J connectivity index is 2.21.